The van der Waals surface area contributed by atoms with Gasteiger partial charge in [0.05, 0.1) is 6.10 Å². The molecule has 0 aliphatic carbocycles. The van der Waals surface area contributed by atoms with E-state index in [-0.39, 0.29) is 5.91 Å². The zero-order chi connectivity index (χ0) is 10.3. The van der Waals surface area contributed by atoms with Crippen LogP contribution in [-0.2, 0) is 4.79 Å². The number of carbonyl (C=O) groups excluding carboxylic acids is 1. The van der Waals surface area contributed by atoms with Crippen LogP contribution in [0.3, 0.4) is 0 Å². The fraction of sp³-hybridized carbons (Fsp3) is 0.889. The molecule has 0 heterocycles. The van der Waals surface area contributed by atoms with Crippen LogP contribution in [0.1, 0.15) is 19.8 Å². The van der Waals surface area contributed by atoms with Crippen molar-refractivity contribution in [1.29, 1.82) is 0 Å². The summed E-state index contributed by atoms with van der Waals surface area (Å²) in [4.78, 5) is 12.9. The van der Waals surface area contributed by atoms with Crippen molar-refractivity contribution in [3.8, 4) is 0 Å². The summed E-state index contributed by atoms with van der Waals surface area (Å²) in [7, 11) is 3.58. The van der Waals surface area contributed by atoms with Crippen molar-refractivity contribution >= 4 is 5.91 Å². The lowest BCUT2D eigenvalue weighted by Crippen LogP contribution is -2.33. The highest BCUT2D eigenvalue weighted by atomic mass is 16.3. The number of rotatable bonds is 6. The molecule has 0 rings (SSSR count). The molecule has 0 fully saturated rings. The number of carbonyl (C=O) groups is 1. The van der Waals surface area contributed by atoms with Crippen LogP contribution in [-0.4, -0.2) is 49.2 Å². The van der Waals surface area contributed by atoms with Gasteiger partial charge in [0.15, 0.2) is 0 Å². The minimum atomic E-state index is -0.446. The molecule has 4 nitrogen and oxygen atoms in total. The lowest BCUT2D eigenvalue weighted by Gasteiger charge is -2.18. The topological polar surface area (TPSA) is 52.6 Å². The smallest absolute Gasteiger partial charge is 0.222 e. The van der Waals surface area contributed by atoms with Crippen molar-refractivity contribution in [2.45, 2.75) is 25.9 Å². The molecule has 1 atom stereocenters. The predicted octanol–water partition coefficient (Wildman–Crippen LogP) is -0.175. The summed E-state index contributed by atoms with van der Waals surface area (Å²) in [6.07, 6.45) is 0.946. The van der Waals surface area contributed by atoms with Gasteiger partial charge in [0.25, 0.3) is 0 Å². The average Bonchev–Trinajstić information content (AvgIpc) is 2.03. The summed E-state index contributed by atoms with van der Waals surface area (Å²) in [6.45, 7) is 2.95. The summed E-state index contributed by atoms with van der Waals surface area (Å²) in [5.41, 5.74) is 0. The number of amides is 1. The van der Waals surface area contributed by atoms with E-state index in [2.05, 4.69) is 5.32 Å². The molecule has 13 heavy (non-hydrogen) atoms. The summed E-state index contributed by atoms with van der Waals surface area (Å²) in [5, 5.41) is 12.0. The fourth-order valence-electron chi connectivity index (χ4n) is 1.11. The number of nitrogens with zero attached hydrogens (tertiary/aromatic N) is 1. The van der Waals surface area contributed by atoms with Gasteiger partial charge in [0.2, 0.25) is 5.91 Å². The van der Waals surface area contributed by atoms with E-state index in [9.17, 15) is 4.79 Å². The Kier molecular flexibility index (Phi) is 6.54. The monoisotopic (exact) mass is 188 g/mol. The minimum absolute atomic E-state index is 0.0937. The number of likely N-dealkylation sites (N-methyl/N-ethyl adjacent to an activating group) is 1. The Hall–Kier alpha value is -0.610. The maximum absolute atomic E-state index is 11.3. The Labute approximate surface area is 79.9 Å². The van der Waals surface area contributed by atoms with Crippen molar-refractivity contribution in [3.63, 3.8) is 0 Å². The van der Waals surface area contributed by atoms with Gasteiger partial charge in [-0.05, 0) is 26.9 Å². The van der Waals surface area contributed by atoms with Crippen LogP contribution in [0.25, 0.3) is 0 Å². The van der Waals surface area contributed by atoms with Crippen LogP contribution in [0.15, 0.2) is 0 Å². The van der Waals surface area contributed by atoms with Crippen LogP contribution >= 0.6 is 0 Å². The number of hydrogen-bond donors (Lipinski definition) is 2. The lowest BCUT2D eigenvalue weighted by atomic mass is 10.2. The third kappa shape index (κ3) is 6.54. The highest BCUT2D eigenvalue weighted by Crippen LogP contribution is 1.96. The van der Waals surface area contributed by atoms with Gasteiger partial charge in [0, 0.05) is 20.0 Å². The summed E-state index contributed by atoms with van der Waals surface area (Å²) >= 11 is 0. The molecule has 0 radical (unpaired) electrons. The molecular formula is C9H20N2O2. The second kappa shape index (κ2) is 6.86. The van der Waals surface area contributed by atoms with Gasteiger partial charge in [-0.2, -0.15) is 0 Å². The molecule has 0 aliphatic rings. The zero-order valence-corrected chi connectivity index (χ0v) is 8.71. The Bertz CT molecular complexity index is 149. The van der Waals surface area contributed by atoms with Gasteiger partial charge in [-0.15, -0.1) is 0 Å². The normalized spacial score (nSPS) is 12.6. The van der Waals surface area contributed by atoms with Crippen LogP contribution in [0.2, 0.25) is 0 Å². The maximum atomic E-state index is 11.3. The second-order valence-electron chi connectivity index (χ2n) is 3.33. The Morgan fingerprint density at radius 2 is 2.23 bits per heavy atom. The standard InChI is InChI=1S/C9H20N2O2/c1-8(12)7-11(3)9(13)5-4-6-10-2/h8,10,12H,4-7H2,1-3H3. The molecule has 0 spiro atoms. The molecule has 4 heteroatoms. The van der Waals surface area contributed by atoms with E-state index < -0.39 is 6.10 Å². The van der Waals surface area contributed by atoms with E-state index in [0.29, 0.717) is 13.0 Å². The van der Waals surface area contributed by atoms with Crippen molar-refractivity contribution < 1.29 is 9.90 Å². The Morgan fingerprint density at radius 3 is 2.69 bits per heavy atom. The van der Waals surface area contributed by atoms with Crippen molar-refractivity contribution in [2.24, 2.45) is 0 Å². The number of nitrogens with one attached hydrogen (secondary N) is 1. The number of hydrogen-bond acceptors (Lipinski definition) is 3. The molecule has 0 aliphatic heterocycles. The first-order chi connectivity index (χ1) is 6.07. The van der Waals surface area contributed by atoms with E-state index in [4.69, 9.17) is 5.11 Å². The Morgan fingerprint density at radius 1 is 1.62 bits per heavy atom. The summed E-state index contributed by atoms with van der Waals surface area (Å²) in [6, 6.07) is 0. The molecule has 0 aromatic rings. The second-order valence-corrected chi connectivity index (χ2v) is 3.33. The molecule has 0 aromatic carbocycles. The molecule has 1 unspecified atom stereocenters. The third-order valence-corrected chi connectivity index (χ3v) is 1.78. The fourth-order valence-corrected chi connectivity index (χ4v) is 1.11. The molecule has 0 bridgehead atoms. The van der Waals surface area contributed by atoms with E-state index in [1.807, 2.05) is 7.05 Å². The summed E-state index contributed by atoms with van der Waals surface area (Å²) in [5.74, 6) is 0.0937. The van der Waals surface area contributed by atoms with Crippen LogP contribution in [0, 0.1) is 0 Å². The molecule has 2 N–H and O–H groups in total. The summed E-state index contributed by atoms with van der Waals surface area (Å²) < 4.78 is 0. The first kappa shape index (κ1) is 12.4. The van der Waals surface area contributed by atoms with Gasteiger partial charge >= 0.3 is 0 Å². The van der Waals surface area contributed by atoms with Crippen LogP contribution in [0.4, 0.5) is 0 Å². The predicted molar refractivity (Wildman–Crippen MR) is 52.5 cm³/mol. The van der Waals surface area contributed by atoms with E-state index in [1.54, 1.807) is 18.9 Å². The van der Waals surface area contributed by atoms with Crippen molar-refractivity contribution in [2.75, 3.05) is 27.2 Å². The maximum Gasteiger partial charge on any atom is 0.222 e. The molecule has 0 saturated heterocycles. The first-order valence-electron chi connectivity index (χ1n) is 4.64. The average molecular weight is 188 g/mol. The van der Waals surface area contributed by atoms with Gasteiger partial charge in [-0.3, -0.25) is 4.79 Å². The van der Waals surface area contributed by atoms with Crippen LogP contribution < -0.4 is 5.32 Å². The largest absolute Gasteiger partial charge is 0.392 e. The molecule has 78 valence electrons. The Balaban J connectivity index is 3.57. The third-order valence-electron chi connectivity index (χ3n) is 1.78. The van der Waals surface area contributed by atoms with Gasteiger partial charge in [0.1, 0.15) is 0 Å². The molecule has 0 aromatic heterocycles. The van der Waals surface area contributed by atoms with Crippen molar-refractivity contribution in [1.82, 2.24) is 10.2 Å². The lowest BCUT2D eigenvalue weighted by molar-refractivity contribution is -0.131. The van der Waals surface area contributed by atoms with E-state index >= 15 is 0 Å². The molecular weight excluding hydrogens is 168 g/mol. The SMILES string of the molecule is CNCCCC(=O)N(C)CC(C)O. The highest BCUT2D eigenvalue weighted by Gasteiger charge is 2.09. The highest BCUT2D eigenvalue weighted by molar-refractivity contribution is 5.75. The minimum Gasteiger partial charge on any atom is -0.392 e. The zero-order valence-electron chi connectivity index (χ0n) is 8.71. The number of aliphatic hydroxyl groups excluding tert-OH is 1. The first-order valence-corrected chi connectivity index (χ1v) is 4.64. The van der Waals surface area contributed by atoms with Gasteiger partial charge in [-0.25, -0.2) is 0 Å². The van der Waals surface area contributed by atoms with Crippen LogP contribution in [0.5, 0.6) is 0 Å². The van der Waals surface area contributed by atoms with E-state index in [1.165, 1.54) is 0 Å². The molecule has 1 amide bonds. The van der Waals surface area contributed by atoms with Crippen molar-refractivity contribution in [3.05, 3.63) is 0 Å². The van der Waals surface area contributed by atoms with Gasteiger partial charge < -0.3 is 15.3 Å². The van der Waals surface area contributed by atoms with E-state index in [0.717, 1.165) is 13.0 Å². The van der Waals surface area contributed by atoms with Gasteiger partial charge in [-0.1, -0.05) is 0 Å². The molecule has 0 saturated carbocycles. The quantitative estimate of drug-likeness (QED) is 0.569. The number of aliphatic hydroxyl groups is 1.